The number of alkyl halides is 3. The highest BCUT2D eigenvalue weighted by Gasteiger charge is 2.33. The van der Waals surface area contributed by atoms with Crippen molar-refractivity contribution in [2.24, 2.45) is 0 Å². The molecule has 0 saturated heterocycles. The summed E-state index contributed by atoms with van der Waals surface area (Å²) in [5.41, 5.74) is -1.05. The highest BCUT2D eigenvalue weighted by molar-refractivity contribution is 6.32. The van der Waals surface area contributed by atoms with Crippen LogP contribution in [0, 0.1) is 0 Å². The molecule has 0 radical (unpaired) electrons. The van der Waals surface area contributed by atoms with Crippen LogP contribution < -0.4 is 5.32 Å². The second-order valence-electron chi connectivity index (χ2n) is 3.39. The predicted molar refractivity (Wildman–Crippen MR) is 64.6 cm³/mol. The van der Waals surface area contributed by atoms with E-state index >= 15 is 0 Å². The molecule has 0 saturated carbocycles. The SMILES string of the molecule is FC(F)(F)c1ccccc1Nc1nc(Cl)nnc1Cl. The Hall–Kier alpha value is -1.60. The highest BCUT2D eigenvalue weighted by atomic mass is 35.5. The highest BCUT2D eigenvalue weighted by Crippen LogP contribution is 2.36. The van der Waals surface area contributed by atoms with Crippen LogP contribution in [0.2, 0.25) is 10.4 Å². The topological polar surface area (TPSA) is 50.7 Å². The first-order valence-corrected chi connectivity index (χ1v) is 5.62. The number of hydrogen-bond donors (Lipinski definition) is 1. The van der Waals surface area contributed by atoms with Crippen molar-refractivity contribution >= 4 is 34.7 Å². The lowest BCUT2D eigenvalue weighted by molar-refractivity contribution is -0.136. The first-order chi connectivity index (χ1) is 8.88. The second kappa shape index (κ2) is 5.18. The van der Waals surface area contributed by atoms with Crippen LogP contribution in [0.4, 0.5) is 24.7 Å². The fourth-order valence-electron chi connectivity index (χ4n) is 1.34. The predicted octanol–water partition coefficient (Wildman–Crippen LogP) is 3.94. The zero-order chi connectivity index (χ0) is 14.0. The molecule has 4 nitrogen and oxygen atoms in total. The summed E-state index contributed by atoms with van der Waals surface area (Å²) in [6, 6.07) is 4.91. The Bertz CT molecular complexity index is 604. The van der Waals surface area contributed by atoms with Gasteiger partial charge in [0.1, 0.15) is 0 Å². The van der Waals surface area contributed by atoms with E-state index in [0.29, 0.717) is 0 Å². The van der Waals surface area contributed by atoms with E-state index in [9.17, 15) is 13.2 Å². The molecular weight excluding hydrogens is 304 g/mol. The van der Waals surface area contributed by atoms with E-state index in [0.717, 1.165) is 6.07 Å². The third-order valence-corrected chi connectivity index (χ3v) is 2.52. The molecule has 0 amide bonds. The van der Waals surface area contributed by atoms with Crippen molar-refractivity contribution in [2.45, 2.75) is 6.18 Å². The lowest BCUT2D eigenvalue weighted by atomic mass is 10.1. The first-order valence-electron chi connectivity index (χ1n) is 4.87. The Morgan fingerprint density at radius 1 is 1.05 bits per heavy atom. The van der Waals surface area contributed by atoms with Crippen molar-refractivity contribution in [2.75, 3.05) is 5.32 Å². The van der Waals surface area contributed by atoms with Gasteiger partial charge in [0.05, 0.1) is 11.3 Å². The molecule has 0 aliphatic heterocycles. The zero-order valence-corrected chi connectivity index (χ0v) is 10.6. The summed E-state index contributed by atoms with van der Waals surface area (Å²) in [7, 11) is 0. The Balaban J connectivity index is 2.41. The summed E-state index contributed by atoms with van der Waals surface area (Å²) in [4.78, 5) is 3.67. The first kappa shape index (κ1) is 13.8. The Morgan fingerprint density at radius 2 is 1.74 bits per heavy atom. The monoisotopic (exact) mass is 308 g/mol. The molecule has 2 rings (SSSR count). The quantitative estimate of drug-likeness (QED) is 0.913. The lowest BCUT2D eigenvalue weighted by Gasteiger charge is -2.13. The van der Waals surface area contributed by atoms with Gasteiger partial charge in [-0.3, -0.25) is 0 Å². The molecule has 100 valence electrons. The van der Waals surface area contributed by atoms with E-state index in [4.69, 9.17) is 23.2 Å². The molecule has 0 atom stereocenters. The number of anilines is 2. The minimum Gasteiger partial charge on any atom is -0.337 e. The van der Waals surface area contributed by atoms with Crippen molar-refractivity contribution in [1.29, 1.82) is 0 Å². The van der Waals surface area contributed by atoms with Crippen molar-refractivity contribution in [3.05, 3.63) is 40.3 Å². The molecule has 0 aliphatic rings. The van der Waals surface area contributed by atoms with Crippen molar-refractivity contribution < 1.29 is 13.2 Å². The van der Waals surface area contributed by atoms with Gasteiger partial charge in [-0.15, -0.1) is 10.2 Å². The molecule has 1 heterocycles. The van der Waals surface area contributed by atoms with E-state index in [1.54, 1.807) is 0 Å². The van der Waals surface area contributed by atoms with Crippen LogP contribution in [0.25, 0.3) is 0 Å². The van der Waals surface area contributed by atoms with Gasteiger partial charge in [-0.2, -0.15) is 18.2 Å². The Kier molecular flexibility index (Phi) is 3.77. The Labute approximate surface area is 115 Å². The van der Waals surface area contributed by atoms with Crippen LogP contribution in [0.15, 0.2) is 24.3 Å². The lowest BCUT2D eigenvalue weighted by Crippen LogP contribution is -2.09. The zero-order valence-electron chi connectivity index (χ0n) is 9.04. The average molecular weight is 309 g/mol. The molecule has 0 spiro atoms. The molecule has 2 aromatic rings. The van der Waals surface area contributed by atoms with E-state index in [1.165, 1.54) is 18.2 Å². The number of nitrogens with one attached hydrogen (secondary N) is 1. The number of nitrogens with zero attached hydrogens (tertiary/aromatic N) is 3. The molecule has 1 N–H and O–H groups in total. The smallest absolute Gasteiger partial charge is 0.337 e. The molecular formula is C10H5Cl2F3N4. The summed E-state index contributed by atoms with van der Waals surface area (Å²) in [5, 5.41) is 8.84. The van der Waals surface area contributed by atoms with E-state index < -0.39 is 11.7 Å². The maximum atomic E-state index is 12.8. The fourth-order valence-corrected chi connectivity index (χ4v) is 1.59. The third-order valence-electron chi connectivity index (χ3n) is 2.11. The molecule has 9 heteroatoms. The number of halogens is 5. The maximum Gasteiger partial charge on any atom is 0.418 e. The van der Waals surface area contributed by atoms with Gasteiger partial charge in [-0.1, -0.05) is 23.7 Å². The number of aromatic nitrogens is 3. The van der Waals surface area contributed by atoms with Crippen LogP contribution in [0.1, 0.15) is 5.56 Å². The maximum absolute atomic E-state index is 12.8. The number of hydrogen-bond acceptors (Lipinski definition) is 4. The van der Waals surface area contributed by atoms with Gasteiger partial charge < -0.3 is 5.32 Å². The number of rotatable bonds is 2. The summed E-state index contributed by atoms with van der Waals surface area (Å²) in [6.07, 6.45) is -4.50. The summed E-state index contributed by atoms with van der Waals surface area (Å²) < 4.78 is 38.4. The number of para-hydroxylation sites is 1. The van der Waals surface area contributed by atoms with Crippen molar-refractivity contribution in [3.63, 3.8) is 0 Å². The Morgan fingerprint density at radius 3 is 2.42 bits per heavy atom. The van der Waals surface area contributed by atoms with Crippen LogP contribution in [-0.4, -0.2) is 15.2 Å². The molecule has 1 aromatic heterocycles. The second-order valence-corrected chi connectivity index (χ2v) is 4.08. The van der Waals surface area contributed by atoms with Gasteiger partial charge in [0.25, 0.3) is 0 Å². The fraction of sp³-hybridized carbons (Fsp3) is 0.100. The molecule has 0 unspecified atom stereocenters. The van der Waals surface area contributed by atoms with Crippen LogP contribution in [0.3, 0.4) is 0 Å². The van der Waals surface area contributed by atoms with Crippen LogP contribution in [-0.2, 0) is 6.18 Å². The van der Waals surface area contributed by atoms with Crippen LogP contribution >= 0.6 is 23.2 Å². The molecule has 0 bridgehead atoms. The molecule has 19 heavy (non-hydrogen) atoms. The van der Waals surface area contributed by atoms with Gasteiger partial charge in [0, 0.05) is 0 Å². The molecule has 1 aromatic carbocycles. The van der Waals surface area contributed by atoms with Gasteiger partial charge >= 0.3 is 6.18 Å². The van der Waals surface area contributed by atoms with Gasteiger partial charge in [-0.05, 0) is 23.7 Å². The summed E-state index contributed by atoms with van der Waals surface area (Å²) in [5.74, 6) is -0.0987. The minimum absolute atomic E-state index is 0.0987. The van der Waals surface area contributed by atoms with Crippen LogP contribution in [0.5, 0.6) is 0 Å². The molecule has 0 fully saturated rings. The van der Waals surface area contributed by atoms with Gasteiger partial charge in [0.2, 0.25) is 5.28 Å². The van der Waals surface area contributed by atoms with Gasteiger partial charge in [0.15, 0.2) is 11.0 Å². The average Bonchev–Trinajstić information content (AvgIpc) is 2.33. The van der Waals surface area contributed by atoms with Crippen molar-refractivity contribution in [3.8, 4) is 0 Å². The summed E-state index contributed by atoms with van der Waals surface area (Å²) >= 11 is 11.2. The molecule has 0 aliphatic carbocycles. The summed E-state index contributed by atoms with van der Waals surface area (Å²) in [6.45, 7) is 0. The normalized spacial score (nSPS) is 11.4. The number of benzene rings is 1. The van der Waals surface area contributed by atoms with E-state index in [2.05, 4.69) is 20.5 Å². The van der Waals surface area contributed by atoms with E-state index in [1.807, 2.05) is 0 Å². The minimum atomic E-state index is -4.50. The largest absolute Gasteiger partial charge is 0.418 e. The van der Waals surface area contributed by atoms with Crippen molar-refractivity contribution in [1.82, 2.24) is 15.2 Å². The van der Waals surface area contributed by atoms with Gasteiger partial charge in [-0.25, -0.2) is 0 Å². The standard InChI is InChI=1S/C10H5Cl2F3N4/c11-7-8(17-9(12)19-18-7)16-6-4-2-1-3-5(6)10(13,14)15/h1-4H,(H,16,17,19). The van der Waals surface area contributed by atoms with E-state index in [-0.39, 0.29) is 21.9 Å². The third kappa shape index (κ3) is 3.24.